The first-order valence-corrected chi connectivity index (χ1v) is 8.35. The van der Waals surface area contributed by atoms with Crippen LogP contribution in [0, 0.1) is 13.8 Å². The Morgan fingerprint density at radius 2 is 2.21 bits per heavy atom. The van der Waals surface area contributed by atoms with Crippen molar-refractivity contribution < 1.29 is 13.9 Å². The van der Waals surface area contributed by atoms with E-state index in [1.165, 1.54) is 11.3 Å². The van der Waals surface area contributed by atoms with Crippen molar-refractivity contribution in [3.63, 3.8) is 0 Å². The summed E-state index contributed by atoms with van der Waals surface area (Å²) in [6, 6.07) is 0. The van der Waals surface area contributed by atoms with Crippen LogP contribution in [0.15, 0.2) is 9.21 Å². The number of hydrogen-bond donors (Lipinski definition) is 0. The molecule has 0 N–H and O–H groups in total. The van der Waals surface area contributed by atoms with Crippen LogP contribution < -0.4 is 5.56 Å². The molecule has 0 aromatic carbocycles. The van der Waals surface area contributed by atoms with Gasteiger partial charge >= 0.3 is 5.97 Å². The Hall–Kier alpha value is -2.55. The van der Waals surface area contributed by atoms with Gasteiger partial charge in [0.25, 0.3) is 11.4 Å². The van der Waals surface area contributed by atoms with E-state index in [0.29, 0.717) is 33.1 Å². The van der Waals surface area contributed by atoms with Crippen molar-refractivity contribution in [1.29, 1.82) is 0 Å². The number of rotatable bonds is 3. The second-order valence-electron chi connectivity index (χ2n) is 5.62. The van der Waals surface area contributed by atoms with Gasteiger partial charge in [0.05, 0.1) is 5.39 Å². The molecular weight excluding hydrogens is 332 g/mol. The molecule has 4 rings (SSSR count). The zero-order valence-corrected chi connectivity index (χ0v) is 14.0. The van der Waals surface area contributed by atoms with E-state index < -0.39 is 5.97 Å². The van der Waals surface area contributed by atoms with E-state index in [2.05, 4.69) is 15.2 Å². The first kappa shape index (κ1) is 15.0. The van der Waals surface area contributed by atoms with Crippen molar-refractivity contribution in [2.75, 3.05) is 0 Å². The van der Waals surface area contributed by atoms with Crippen molar-refractivity contribution >= 4 is 27.5 Å². The fourth-order valence-electron chi connectivity index (χ4n) is 2.86. The van der Waals surface area contributed by atoms with Crippen molar-refractivity contribution in [3.8, 4) is 0 Å². The lowest BCUT2D eigenvalue weighted by Crippen LogP contribution is -2.20. The van der Waals surface area contributed by atoms with E-state index in [9.17, 15) is 9.59 Å². The van der Waals surface area contributed by atoms with Gasteiger partial charge in [-0.25, -0.2) is 9.78 Å². The average Bonchev–Trinajstić information content (AvgIpc) is 3.25. The maximum atomic E-state index is 12.6. The Balaban J connectivity index is 1.67. The number of nitrogens with zero attached hydrogens (tertiary/aromatic N) is 4. The van der Waals surface area contributed by atoms with Gasteiger partial charge in [0, 0.05) is 19.9 Å². The highest BCUT2D eigenvalue weighted by molar-refractivity contribution is 7.20. The number of fused-ring (bicyclic) bond motifs is 2. The van der Waals surface area contributed by atoms with Gasteiger partial charge in [-0.2, -0.15) is 0 Å². The Kier molecular flexibility index (Phi) is 3.45. The van der Waals surface area contributed by atoms with E-state index in [4.69, 9.17) is 9.15 Å². The minimum atomic E-state index is -0.518. The summed E-state index contributed by atoms with van der Waals surface area (Å²) in [6.45, 7) is 3.99. The molecule has 0 saturated carbocycles. The van der Waals surface area contributed by atoms with Crippen LogP contribution in [0.1, 0.15) is 39.3 Å². The van der Waals surface area contributed by atoms with Gasteiger partial charge < -0.3 is 9.15 Å². The zero-order valence-electron chi connectivity index (χ0n) is 13.2. The largest absolute Gasteiger partial charge is 0.451 e. The highest BCUT2D eigenvalue weighted by atomic mass is 32.1. The Bertz CT molecular complexity index is 1020. The predicted octanol–water partition coefficient (Wildman–Crippen LogP) is 1.76. The number of aromatic nitrogens is 4. The van der Waals surface area contributed by atoms with E-state index >= 15 is 0 Å². The van der Waals surface area contributed by atoms with E-state index in [1.807, 2.05) is 0 Å². The molecule has 4 heterocycles. The molecule has 3 aromatic heterocycles. The number of carbonyl (C=O) groups excluding carboxylic acids is 1. The molecule has 1 aliphatic rings. The summed E-state index contributed by atoms with van der Waals surface area (Å²) in [5, 5.41) is 7.96. The summed E-state index contributed by atoms with van der Waals surface area (Å²) in [5.74, 6) is 0.911. The minimum absolute atomic E-state index is 0.0761. The van der Waals surface area contributed by atoms with Crippen molar-refractivity contribution in [1.82, 2.24) is 19.7 Å². The van der Waals surface area contributed by atoms with Crippen LogP contribution in [0.4, 0.5) is 0 Å². The van der Waals surface area contributed by atoms with Crippen LogP contribution in [0.25, 0.3) is 10.2 Å². The van der Waals surface area contributed by atoms with Gasteiger partial charge in [-0.3, -0.25) is 9.36 Å². The average molecular weight is 346 g/mol. The zero-order chi connectivity index (χ0) is 16.8. The minimum Gasteiger partial charge on any atom is -0.451 e. The molecule has 0 unspecified atom stereocenters. The number of esters is 1. The van der Waals surface area contributed by atoms with Crippen LogP contribution in [-0.4, -0.2) is 25.7 Å². The monoisotopic (exact) mass is 346 g/mol. The Morgan fingerprint density at radius 1 is 1.38 bits per heavy atom. The molecule has 3 aromatic rings. The third-order valence-electron chi connectivity index (χ3n) is 3.99. The summed E-state index contributed by atoms with van der Waals surface area (Å²) in [6.07, 6.45) is 1.72. The fourth-order valence-corrected chi connectivity index (χ4v) is 3.94. The van der Waals surface area contributed by atoms with Crippen LogP contribution >= 0.6 is 11.3 Å². The second kappa shape index (κ2) is 5.52. The lowest BCUT2D eigenvalue weighted by Gasteiger charge is -2.02. The predicted molar refractivity (Wildman–Crippen MR) is 85.1 cm³/mol. The third kappa shape index (κ3) is 2.32. The quantitative estimate of drug-likeness (QED) is 0.666. The number of thiophene rings is 1. The van der Waals surface area contributed by atoms with Gasteiger partial charge in [0.1, 0.15) is 15.5 Å². The number of aryl methyl sites for hydroxylation is 3. The summed E-state index contributed by atoms with van der Waals surface area (Å²) < 4.78 is 12.1. The number of ether oxygens (including phenoxy) is 1. The molecule has 0 spiro atoms. The lowest BCUT2D eigenvalue weighted by atomic mass is 10.2. The lowest BCUT2D eigenvalue weighted by molar-refractivity contribution is 0.0442. The number of hydrogen-bond acceptors (Lipinski definition) is 8. The van der Waals surface area contributed by atoms with Crippen LogP contribution in [-0.2, 0) is 24.3 Å². The molecule has 8 nitrogen and oxygen atoms in total. The first-order chi connectivity index (χ1) is 11.5. The third-order valence-corrected chi connectivity index (χ3v) is 5.16. The molecule has 0 saturated heterocycles. The molecular formula is C15H14N4O4S. The molecule has 0 radical (unpaired) electrons. The fraction of sp³-hybridized carbons (Fsp3) is 0.400. The molecule has 9 heteroatoms. The summed E-state index contributed by atoms with van der Waals surface area (Å²) in [4.78, 5) is 30.5. The first-order valence-electron chi connectivity index (χ1n) is 7.53. The topological polar surface area (TPSA) is 100 Å². The molecule has 124 valence electrons. The second-order valence-corrected chi connectivity index (χ2v) is 6.61. The SMILES string of the molecule is Cc1nnc(COC(=O)c2sc3nc4n(c(=O)c3c2C)CCC4)o1. The molecule has 1 aliphatic heterocycles. The van der Waals surface area contributed by atoms with Crippen molar-refractivity contribution in [2.45, 2.75) is 39.8 Å². The molecule has 0 fully saturated rings. The number of carbonyl (C=O) groups is 1. The van der Waals surface area contributed by atoms with Crippen LogP contribution in [0.2, 0.25) is 0 Å². The summed E-state index contributed by atoms with van der Waals surface area (Å²) in [5.41, 5.74) is 0.536. The molecule has 0 atom stereocenters. The highest BCUT2D eigenvalue weighted by Crippen LogP contribution is 2.29. The molecule has 0 amide bonds. The van der Waals surface area contributed by atoms with E-state index in [1.54, 1.807) is 18.4 Å². The van der Waals surface area contributed by atoms with Gasteiger partial charge in [0.15, 0.2) is 6.61 Å². The molecule has 24 heavy (non-hydrogen) atoms. The van der Waals surface area contributed by atoms with Gasteiger partial charge in [-0.15, -0.1) is 21.5 Å². The van der Waals surface area contributed by atoms with Gasteiger partial charge in [0.2, 0.25) is 5.89 Å². The van der Waals surface area contributed by atoms with E-state index in [0.717, 1.165) is 18.7 Å². The van der Waals surface area contributed by atoms with E-state index in [-0.39, 0.29) is 18.1 Å². The molecule has 0 aliphatic carbocycles. The Labute approximate surface area is 140 Å². The summed E-state index contributed by atoms with van der Waals surface area (Å²) in [7, 11) is 0. The maximum absolute atomic E-state index is 12.6. The smallest absolute Gasteiger partial charge is 0.349 e. The summed E-state index contributed by atoms with van der Waals surface area (Å²) >= 11 is 1.19. The molecule has 0 bridgehead atoms. The Morgan fingerprint density at radius 3 is 2.96 bits per heavy atom. The van der Waals surface area contributed by atoms with Crippen molar-refractivity contribution in [2.24, 2.45) is 0 Å². The van der Waals surface area contributed by atoms with Gasteiger partial charge in [-0.05, 0) is 18.9 Å². The van der Waals surface area contributed by atoms with Crippen molar-refractivity contribution in [3.05, 3.63) is 38.4 Å². The highest BCUT2D eigenvalue weighted by Gasteiger charge is 2.24. The normalized spacial score (nSPS) is 13.4. The van der Waals surface area contributed by atoms with Crippen LogP contribution in [0.3, 0.4) is 0 Å². The van der Waals surface area contributed by atoms with Gasteiger partial charge in [-0.1, -0.05) is 0 Å². The van der Waals surface area contributed by atoms with Crippen LogP contribution in [0.5, 0.6) is 0 Å². The maximum Gasteiger partial charge on any atom is 0.349 e. The standard InChI is InChI=1S/C15H14N4O4S/c1-7-11-13(16-9-4-3-5-19(9)14(11)20)24-12(7)15(21)22-6-10-18-17-8(2)23-10/h3-6H2,1-2H3.